The third-order valence-corrected chi connectivity index (χ3v) is 4.34. The van der Waals surface area contributed by atoms with Gasteiger partial charge in [0.25, 0.3) is 0 Å². The fraction of sp³-hybridized carbons (Fsp3) is 0.769. The van der Waals surface area contributed by atoms with Crippen molar-refractivity contribution in [2.24, 2.45) is 17.3 Å². The number of fused-ring (bicyclic) bond motifs is 1. The molecule has 0 saturated heterocycles. The fourth-order valence-corrected chi connectivity index (χ4v) is 3.11. The lowest BCUT2D eigenvalue weighted by atomic mass is 9.48. The Hall–Kier alpha value is -0.830. The van der Waals surface area contributed by atoms with E-state index in [0.717, 1.165) is 12.3 Å². The van der Waals surface area contributed by atoms with Crippen molar-refractivity contribution in [2.45, 2.75) is 33.1 Å². The average molecular weight is 224 g/mol. The van der Waals surface area contributed by atoms with Gasteiger partial charge in [-0.05, 0) is 36.5 Å². The molecule has 0 heterocycles. The Morgan fingerprint density at radius 1 is 1.62 bits per heavy atom. The number of rotatable bonds is 5. The summed E-state index contributed by atoms with van der Waals surface area (Å²) in [6, 6.07) is 0. The van der Waals surface area contributed by atoms with Crippen LogP contribution < -0.4 is 0 Å². The molecule has 3 aliphatic rings. The van der Waals surface area contributed by atoms with Gasteiger partial charge in [0.2, 0.25) is 0 Å². The highest BCUT2D eigenvalue weighted by atomic mass is 16.5. The molecular weight excluding hydrogens is 204 g/mol. The van der Waals surface area contributed by atoms with Crippen LogP contribution >= 0.6 is 0 Å². The quantitative estimate of drug-likeness (QED) is 0.576. The lowest BCUT2D eigenvalue weighted by Gasteiger charge is -2.56. The van der Waals surface area contributed by atoms with Crippen LogP contribution in [0, 0.1) is 17.3 Å². The number of hydrogen-bond donors (Lipinski definition) is 1. The van der Waals surface area contributed by atoms with E-state index in [9.17, 15) is 4.79 Å². The molecule has 0 radical (unpaired) electrons. The van der Waals surface area contributed by atoms with Gasteiger partial charge in [0.15, 0.2) is 0 Å². The van der Waals surface area contributed by atoms with Gasteiger partial charge in [-0.2, -0.15) is 0 Å². The van der Waals surface area contributed by atoms with Gasteiger partial charge < -0.3 is 9.84 Å². The van der Waals surface area contributed by atoms with E-state index in [2.05, 4.69) is 19.9 Å². The Morgan fingerprint density at radius 2 is 2.38 bits per heavy atom. The highest BCUT2D eigenvalue weighted by Gasteiger charge is 2.50. The van der Waals surface area contributed by atoms with E-state index in [0.29, 0.717) is 17.9 Å². The van der Waals surface area contributed by atoms with Gasteiger partial charge in [0.05, 0.1) is 6.61 Å². The molecular formula is C13H20O3. The molecule has 16 heavy (non-hydrogen) atoms. The van der Waals surface area contributed by atoms with Crippen LogP contribution in [-0.2, 0) is 9.53 Å². The molecule has 0 spiro atoms. The second-order valence-corrected chi connectivity index (χ2v) is 5.52. The molecule has 0 aromatic heterocycles. The molecule has 0 aromatic carbocycles. The first-order valence-corrected chi connectivity index (χ1v) is 6.00. The van der Waals surface area contributed by atoms with Crippen LogP contribution in [0.2, 0.25) is 0 Å². The zero-order valence-electron chi connectivity index (χ0n) is 10.0. The van der Waals surface area contributed by atoms with Gasteiger partial charge in [0.1, 0.15) is 6.61 Å². The molecule has 3 rings (SSSR count). The predicted molar refractivity (Wildman–Crippen MR) is 61.1 cm³/mol. The molecule has 0 amide bonds. The lowest BCUT2D eigenvalue weighted by molar-refractivity contribution is -0.142. The number of carboxylic acid groups (broad SMARTS) is 1. The summed E-state index contributed by atoms with van der Waals surface area (Å²) in [6.45, 7) is 5.05. The van der Waals surface area contributed by atoms with Crippen molar-refractivity contribution in [3.8, 4) is 0 Å². The maximum Gasteiger partial charge on any atom is 0.329 e. The average Bonchev–Trinajstić information content (AvgIpc) is 2.24. The number of carboxylic acids is 1. The van der Waals surface area contributed by atoms with Crippen molar-refractivity contribution in [1.82, 2.24) is 0 Å². The minimum Gasteiger partial charge on any atom is -0.480 e. The molecule has 2 bridgehead atoms. The smallest absolute Gasteiger partial charge is 0.329 e. The van der Waals surface area contributed by atoms with Crippen LogP contribution in [0.5, 0.6) is 0 Å². The number of hydrogen-bond acceptors (Lipinski definition) is 2. The van der Waals surface area contributed by atoms with Crippen LogP contribution in [0.15, 0.2) is 11.6 Å². The molecule has 1 fully saturated rings. The first-order chi connectivity index (χ1) is 7.51. The summed E-state index contributed by atoms with van der Waals surface area (Å²) >= 11 is 0. The summed E-state index contributed by atoms with van der Waals surface area (Å²) < 4.78 is 5.09. The Labute approximate surface area is 96.5 Å². The molecule has 90 valence electrons. The maximum atomic E-state index is 10.3. The Bertz CT molecular complexity index is 317. The second-order valence-electron chi connectivity index (χ2n) is 5.52. The van der Waals surface area contributed by atoms with Gasteiger partial charge >= 0.3 is 5.97 Å². The lowest BCUT2D eigenvalue weighted by Crippen LogP contribution is -2.48. The van der Waals surface area contributed by atoms with Gasteiger partial charge in [-0.25, -0.2) is 4.79 Å². The van der Waals surface area contributed by atoms with E-state index in [-0.39, 0.29) is 6.61 Å². The SMILES string of the molecule is CC1(C)[C@H]2CC=C(CCOCC(=O)O)[C@H]1C2. The van der Waals surface area contributed by atoms with E-state index in [4.69, 9.17) is 9.84 Å². The summed E-state index contributed by atoms with van der Waals surface area (Å²) in [4.78, 5) is 10.3. The molecule has 3 heteroatoms. The fourth-order valence-electron chi connectivity index (χ4n) is 3.11. The Balaban J connectivity index is 1.78. The van der Waals surface area contributed by atoms with Crippen LogP contribution in [0.25, 0.3) is 0 Å². The molecule has 0 aliphatic heterocycles. The standard InChI is InChI=1S/C13H20O3/c1-13(2)10-4-3-9(11(13)7-10)5-6-16-8-12(14)15/h3,10-11H,4-8H2,1-2H3,(H,14,15)/t10-,11+/m0/s1. The van der Waals surface area contributed by atoms with Crippen LogP contribution in [0.3, 0.4) is 0 Å². The van der Waals surface area contributed by atoms with Gasteiger partial charge in [-0.3, -0.25) is 0 Å². The van der Waals surface area contributed by atoms with Crippen LogP contribution in [-0.4, -0.2) is 24.3 Å². The van der Waals surface area contributed by atoms with E-state index in [1.807, 2.05) is 0 Å². The van der Waals surface area contributed by atoms with E-state index in [1.165, 1.54) is 18.4 Å². The molecule has 3 nitrogen and oxygen atoms in total. The van der Waals surface area contributed by atoms with E-state index >= 15 is 0 Å². The van der Waals surface area contributed by atoms with E-state index in [1.54, 1.807) is 0 Å². The topological polar surface area (TPSA) is 46.5 Å². The summed E-state index contributed by atoms with van der Waals surface area (Å²) in [6.07, 6.45) is 5.75. The number of ether oxygens (including phenoxy) is 1. The summed E-state index contributed by atoms with van der Waals surface area (Å²) in [5.74, 6) is 0.683. The van der Waals surface area contributed by atoms with E-state index < -0.39 is 5.97 Å². The molecule has 3 aliphatic carbocycles. The normalized spacial score (nSPS) is 30.5. The first-order valence-electron chi connectivity index (χ1n) is 6.00. The first kappa shape index (κ1) is 11.6. The molecule has 1 saturated carbocycles. The summed E-state index contributed by atoms with van der Waals surface area (Å²) in [7, 11) is 0. The Morgan fingerprint density at radius 3 is 2.94 bits per heavy atom. The number of allylic oxidation sites excluding steroid dienone is 1. The van der Waals surface area contributed by atoms with Crippen molar-refractivity contribution >= 4 is 5.97 Å². The zero-order valence-corrected chi connectivity index (χ0v) is 10.0. The highest BCUT2D eigenvalue weighted by molar-refractivity contribution is 5.67. The minimum absolute atomic E-state index is 0.177. The molecule has 1 N–H and O–H groups in total. The molecule has 0 unspecified atom stereocenters. The maximum absolute atomic E-state index is 10.3. The summed E-state index contributed by atoms with van der Waals surface area (Å²) in [5, 5.41) is 8.45. The number of aliphatic carboxylic acids is 1. The zero-order chi connectivity index (χ0) is 11.8. The highest BCUT2D eigenvalue weighted by Crippen LogP contribution is 2.59. The monoisotopic (exact) mass is 224 g/mol. The van der Waals surface area contributed by atoms with Crippen molar-refractivity contribution in [3.63, 3.8) is 0 Å². The van der Waals surface area contributed by atoms with Gasteiger partial charge in [-0.15, -0.1) is 0 Å². The summed E-state index contributed by atoms with van der Waals surface area (Å²) in [5.41, 5.74) is 1.94. The molecule has 2 atom stereocenters. The van der Waals surface area contributed by atoms with Crippen molar-refractivity contribution < 1.29 is 14.6 Å². The molecule has 0 aromatic rings. The van der Waals surface area contributed by atoms with Gasteiger partial charge in [0, 0.05) is 0 Å². The van der Waals surface area contributed by atoms with Crippen LogP contribution in [0.1, 0.15) is 33.1 Å². The minimum atomic E-state index is -0.887. The van der Waals surface area contributed by atoms with Gasteiger partial charge in [-0.1, -0.05) is 25.5 Å². The third-order valence-electron chi connectivity index (χ3n) is 4.34. The van der Waals surface area contributed by atoms with Crippen molar-refractivity contribution in [1.29, 1.82) is 0 Å². The predicted octanol–water partition coefficient (Wildman–Crippen LogP) is 2.47. The van der Waals surface area contributed by atoms with Crippen LogP contribution in [0.4, 0.5) is 0 Å². The largest absolute Gasteiger partial charge is 0.480 e. The second kappa shape index (κ2) is 4.21. The Kier molecular flexibility index (Phi) is 3.06. The third kappa shape index (κ3) is 2.01. The number of carbonyl (C=O) groups is 1. The van der Waals surface area contributed by atoms with Crippen molar-refractivity contribution in [3.05, 3.63) is 11.6 Å². The van der Waals surface area contributed by atoms with Crippen molar-refractivity contribution in [2.75, 3.05) is 13.2 Å².